The maximum atomic E-state index is 6.46. The van der Waals surface area contributed by atoms with Gasteiger partial charge < -0.3 is 9.47 Å². The fourth-order valence-corrected chi connectivity index (χ4v) is 5.63. The predicted octanol–water partition coefficient (Wildman–Crippen LogP) is 5.45. The summed E-state index contributed by atoms with van der Waals surface area (Å²) in [5, 5.41) is 13.8. The van der Waals surface area contributed by atoms with Crippen LogP contribution in [0.3, 0.4) is 0 Å². The van der Waals surface area contributed by atoms with E-state index >= 15 is 0 Å². The lowest BCUT2D eigenvalue weighted by Gasteiger charge is -2.32. The monoisotopic (exact) mass is 489 g/mol. The molecule has 1 aliphatic carbocycles. The third-order valence-electron chi connectivity index (χ3n) is 7.93. The maximum Gasteiger partial charge on any atom is 0.169 e. The van der Waals surface area contributed by atoms with Gasteiger partial charge in [-0.15, -0.1) is 0 Å². The van der Waals surface area contributed by atoms with Crippen molar-refractivity contribution in [1.29, 1.82) is 0 Å². The quantitative estimate of drug-likeness (QED) is 0.343. The van der Waals surface area contributed by atoms with Crippen molar-refractivity contribution in [3.63, 3.8) is 0 Å². The van der Waals surface area contributed by atoms with Gasteiger partial charge in [-0.1, -0.05) is 20.3 Å². The van der Waals surface area contributed by atoms with E-state index in [0.717, 1.165) is 53.7 Å². The first-order valence-electron chi connectivity index (χ1n) is 13.3. The standard InChI is InChI=1S/C27H35N7O2/c1-4-22(5-2)33-16-21(14-30-33)26-24-9-12-28-34(24)17-23(31-26)20-13-29-32(15-20)19(3)25-18-35-27(36-25)10-7-6-8-11-27/h9,12-17,19,22,25H,4-8,10-11,18H2,1-3H3/t19-,25-/m1/s1. The summed E-state index contributed by atoms with van der Waals surface area (Å²) in [6, 6.07) is 2.44. The van der Waals surface area contributed by atoms with E-state index in [4.69, 9.17) is 14.5 Å². The molecule has 0 N–H and O–H groups in total. The molecule has 190 valence electrons. The summed E-state index contributed by atoms with van der Waals surface area (Å²) in [5.74, 6) is -0.381. The molecule has 36 heavy (non-hydrogen) atoms. The van der Waals surface area contributed by atoms with Crippen LogP contribution in [0.2, 0.25) is 0 Å². The van der Waals surface area contributed by atoms with Gasteiger partial charge in [0, 0.05) is 36.4 Å². The molecule has 4 aromatic rings. The first-order chi connectivity index (χ1) is 17.6. The summed E-state index contributed by atoms with van der Waals surface area (Å²) in [5.41, 5.74) is 4.58. The van der Waals surface area contributed by atoms with Crippen molar-refractivity contribution >= 4 is 5.52 Å². The second-order valence-corrected chi connectivity index (χ2v) is 10.2. The van der Waals surface area contributed by atoms with Crippen molar-refractivity contribution in [3.05, 3.63) is 43.2 Å². The van der Waals surface area contributed by atoms with Gasteiger partial charge in [-0.25, -0.2) is 9.50 Å². The van der Waals surface area contributed by atoms with Crippen molar-refractivity contribution < 1.29 is 9.47 Å². The lowest BCUT2D eigenvalue weighted by Crippen LogP contribution is -2.34. The molecule has 2 fully saturated rings. The average Bonchev–Trinajstić information content (AvgIpc) is 3.71. The predicted molar refractivity (Wildman–Crippen MR) is 136 cm³/mol. The number of fused-ring (bicyclic) bond motifs is 1. The van der Waals surface area contributed by atoms with Crippen molar-refractivity contribution in [2.45, 2.75) is 89.7 Å². The molecule has 0 radical (unpaired) electrons. The van der Waals surface area contributed by atoms with E-state index in [0.29, 0.717) is 12.6 Å². The molecule has 1 spiro atoms. The summed E-state index contributed by atoms with van der Waals surface area (Å²) in [6.07, 6.45) is 19.4. The van der Waals surface area contributed by atoms with Gasteiger partial charge in [0.15, 0.2) is 5.79 Å². The van der Waals surface area contributed by atoms with Gasteiger partial charge in [-0.2, -0.15) is 15.3 Å². The Kier molecular flexibility index (Phi) is 6.13. The van der Waals surface area contributed by atoms with Crippen molar-refractivity contribution in [2.75, 3.05) is 6.61 Å². The Labute approximate surface area is 211 Å². The Morgan fingerprint density at radius 1 is 0.972 bits per heavy atom. The highest BCUT2D eigenvalue weighted by Crippen LogP contribution is 2.40. The van der Waals surface area contributed by atoms with Gasteiger partial charge in [0.05, 0.1) is 60.4 Å². The zero-order chi connectivity index (χ0) is 24.7. The average molecular weight is 490 g/mol. The summed E-state index contributed by atoms with van der Waals surface area (Å²) >= 11 is 0. The van der Waals surface area contributed by atoms with Crippen LogP contribution in [0.15, 0.2) is 43.2 Å². The Hall–Kier alpha value is -3.04. The number of rotatable bonds is 7. The molecule has 2 aliphatic rings. The van der Waals surface area contributed by atoms with Gasteiger partial charge in [0.25, 0.3) is 0 Å². The molecule has 2 atom stereocenters. The normalized spacial score (nSPS) is 20.6. The molecule has 9 heteroatoms. The molecule has 0 bridgehead atoms. The molecule has 1 saturated heterocycles. The second-order valence-electron chi connectivity index (χ2n) is 10.2. The number of ether oxygens (including phenoxy) is 2. The van der Waals surface area contributed by atoms with Crippen LogP contribution in [0.1, 0.15) is 77.8 Å². The molecule has 1 saturated carbocycles. The van der Waals surface area contributed by atoms with E-state index in [1.54, 1.807) is 6.20 Å². The molecular weight excluding hydrogens is 454 g/mol. The van der Waals surface area contributed by atoms with E-state index in [-0.39, 0.29) is 17.9 Å². The first kappa shape index (κ1) is 23.4. The molecule has 6 rings (SSSR count). The smallest absolute Gasteiger partial charge is 0.169 e. The van der Waals surface area contributed by atoms with Crippen LogP contribution in [0.5, 0.6) is 0 Å². The highest BCUT2D eigenvalue weighted by molar-refractivity contribution is 5.78. The van der Waals surface area contributed by atoms with Crippen LogP contribution in [-0.4, -0.2) is 52.7 Å². The molecule has 4 aromatic heterocycles. The minimum atomic E-state index is -0.381. The zero-order valence-corrected chi connectivity index (χ0v) is 21.4. The molecule has 0 aromatic carbocycles. The van der Waals surface area contributed by atoms with Gasteiger partial charge in [-0.05, 0) is 38.7 Å². The third kappa shape index (κ3) is 4.14. The fourth-order valence-electron chi connectivity index (χ4n) is 5.63. The lowest BCUT2D eigenvalue weighted by molar-refractivity contribution is -0.190. The molecule has 0 unspecified atom stereocenters. The van der Waals surface area contributed by atoms with Crippen molar-refractivity contribution in [3.8, 4) is 22.5 Å². The molecule has 0 amide bonds. The van der Waals surface area contributed by atoms with E-state index in [1.807, 2.05) is 33.9 Å². The van der Waals surface area contributed by atoms with Crippen molar-refractivity contribution in [2.24, 2.45) is 0 Å². The summed E-state index contributed by atoms with van der Waals surface area (Å²) in [6.45, 7) is 7.15. The Bertz CT molecular complexity index is 1330. The van der Waals surface area contributed by atoms with E-state index in [2.05, 4.69) is 53.1 Å². The van der Waals surface area contributed by atoms with Crippen LogP contribution in [0, 0.1) is 0 Å². The number of nitrogens with zero attached hydrogens (tertiary/aromatic N) is 7. The van der Waals surface area contributed by atoms with E-state index in [1.165, 1.54) is 19.3 Å². The first-order valence-corrected chi connectivity index (χ1v) is 13.3. The van der Waals surface area contributed by atoms with Crippen LogP contribution in [0.4, 0.5) is 0 Å². The number of hydrogen-bond acceptors (Lipinski definition) is 6. The topological polar surface area (TPSA) is 84.3 Å². The molecule has 1 aliphatic heterocycles. The van der Waals surface area contributed by atoms with E-state index < -0.39 is 0 Å². The van der Waals surface area contributed by atoms with Crippen molar-refractivity contribution in [1.82, 2.24) is 34.2 Å². The fraction of sp³-hybridized carbons (Fsp3) is 0.556. The van der Waals surface area contributed by atoms with Gasteiger partial charge in [0.1, 0.15) is 6.10 Å². The number of hydrogen-bond donors (Lipinski definition) is 0. The SMILES string of the molecule is CCC(CC)n1cc(-c2nc(-c3cnn([C@H](C)[C@H]4COC5(CCCCC5)O4)c3)cn3nccc23)cn1. The highest BCUT2D eigenvalue weighted by Gasteiger charge is 2.44. The lowest BCUT2D eigenvalue weighted by atomic mass is 9.94. The minimum absolute atomic E-state index is 0.0103. The summed E-state index contributed by atoms with van der Waals surface area (Å²) in [7, 11) is 0. The maximum absolute atomic E-state index is 6.46. The van der Waals surface area contributed by atoms with Crippen LogP contribution in [0.25, 0.3) is 28.0 Å². The van der Waals surface area contributed by atoms with Gasteiger partial charge in [0.2, 0.25) is 0 Å². The van der Waals surface area contributed by atoms with Crippen LogP contribution >= 0.6 is 0 Å². The van der Waals surface area contributed by atoms with E-state index in [9.17, 15) is 0 Å². The molecular formula is C27H35N7O2. The number of aromatic nitrogens is 7. The Morgan fingerprint density at radius 3 is 2.53 bits per heavy atom. The Balaban J connectivity index is 1.28. The molecule has 5 heterocycles. The largest absolute Gasteiger partial charge is 0.347 e. The highest BCUT2D eigenvalue weighted by atomic mass is 16.7. The second kappa shape index (κ2) is 9.44. The Morgan fingerprint density at radius 2 is 1.72 bits per heavy atom. The molecule has 9 nitrogen and oxygen atoms in total. The minimum Gasteiger partial charge on any atom is -0.347 e. The van der Waals surface area contributed by atoms with Gasteiger partial charge >= 0.3 is 0 Å². The van der Waals surface area contributed by atoms with Crippen LogP contribution < -0.4 is 0 Å². The third-order valence-corrected chi connectivity index (χ3v) is 7.93. The van der Waals surface area contributed by atoms with Gasteiger partial charge in [-0.3, -0.25) is 9.36 Å². The van der Waals surface area contributed by atoms with Crippen LogP contribution in [-0.2, 0) is 9.47 Å². The zero-order valence-electron chi connectivity index (χ0n) is 21.4. The summed E-state index contributed by atoms with van der Waals surface area (Å²) < 4.78 is 18.5. The summed E-state index contributed by atoms with van der Waals surface area (Å²) in [4.78, 5) is 5.05.